The number of ether oxygens (including phenoxy) is 1. The van der Waals surface area contributed by atoms with E-state index >= 15 is 0 Å². The van der Waals surface area contributed by atoms with Crippen LogP contribution in [0.2, 0.25) is 0 Å². The predicted octanol–water partition coefficient (Wildman–Crippen LogP) is -2.81. The molecule has 0 spiro atoms. The number of aryl methyl sites for hydroxylation is 1. The number of aliphatic hydroxyl groups excluding tert-OH is 1. The minimum absolute atomic E-state index is 0. The molecule has 22 heavy (non-hydrogen) atoms. The van der Waals surface area contributed by atoms with Gasteiger partial charge in [-0.15, -0.1) is 11.3 Å². The average Bonchev–Trinajstić information content (AvgIpc) is 2.77. The van der Waals surface area contributed by atoms with Crippen molar-refractivity contribution in [2.75, 3.05) is 13.1 Å². The number of hydrogen-bond donors (Lipinski definition) is 1. The molecule has 8 heteroatoms. The molecule has 1 saturated heterocycles. The summed E-state index contributed by atoms with van der Waals surface area (Å²) < 4.78 is 5.78. The number of aromatic nitrogens is 1. The summed E-state index contributed by atoms with van der Waals surface area (Å²) in [7, 11) is 0. The van der Waals surface area contributed by atoms with Gasteiger partial charge in [-0.2, -0.15) is 0 Å². The van der Waals surface area contributed by atoms with E-state index in [9.17, 15) is 15.0 Å². The van der Waals surface area contributed by atoms with Gasteiger partial charge in [-0.05, 0) is 32.6 Å². The Balaban J connectivity index is 0.00000176. The van der Waals surface area contributed by atoms with E-state index in [-0.39, 0.29) is 41.8 Å². The minimum atomic E-state index is -1.22. The Hall–Kier alpha value is -0.583. The third kappa shape index (κ3) is 3.84. The van der Waals surface area contributed by atoms with E-state index in [1.165, 1.54) is 0 Å². The number of rotatable bonds is 4. The van der Waals surface area contributed by atoms with E-state index in [4.69, 9.17) is 4.74 Å². The summed E-state index contributed by atoms with van der Waals surface area (Å²) in [5, 5.41) is 21.1. The van der Waals surface area contributed by atoms with Crippen molar-refractivity contribution in [3.63, 3.8) is 0 Å². The molecule has 2 fully saturated rings. The first-order valence-electron chi connectivity index (χ1n) is 7.30. The Morgan fingerprint density at radius 1 is 1.36 bits per heavy atom. The fraction of sp³-hybridized carbons (Fsp3) is 0.714. The third-order valence-corrected chi connectivity index (χ3v) is 5.15. The van der Waals surface area contributed by atoms with Gasteiger partial charge in [-0.1, -0.05) is 0 Å². The van der Waals surface area contributed by atoms with Gasteiger partial charge in [-0.25, -0.2) is 4.98 Å². The van der Waals surface area contributed by atoms with Crippen LogP contribution in [0.3, 0.4) is 0 Å². The number of likely N-dealkylation sites (tertiary alicyclic amines) is 1. The second-order valence-electron chi connectivity index (χ2n) is 5.81. The molecule has 1 aliphatic carbocycles. The van der Waals surface area contributed by atoms with Crippen LogP contribution < -0.4 is 28.7 Å². The molecule has 116 valence electrons. The fourth-order valence-corrected chi connectivity index (χ4v) is 3.78. The van der Waals surface area contributed by atoms with E-state index in [2.05, 4.69) is 9.88 Å². The van der Waals surface area contributed by atoms with E-state index in [1.807, 2.05) is 0 Å². The molecule has 1 aromatic heterocycles. The first-order chi connectivity index (χ1) is 10.0. The molecular weight excluding hydrogens is 299 g/mol. The number of aromatic carboxylic acids is 1. The molecule has 0 radical (unpaired) electrons. The molecule has 0 unspecified atom stereocenters. The van der Waals surface area contributed by atoms with E-state index < -0.39 is 5.97 Å². The van der Waals surface area contributed by atoms with Gasteiger partial charge in [0.25, 0.3) is 0 Å². The van der Waals surface area contributed by atoms with Crippen molar-refractivity contribution in [2.45, 2.75) is 50.9 Å². The number of nitrogens with zero attached hydrogens (tertiary/aromatic N) is 2. The molecule has 0 amide bonds. The summed E-state index contributed by atoms with van der Waals surface area (Å²) in [6.45, 7) is 3.31. The molecule has 0 aromatic carbocycles. The zero-order chi connectivity index (χ0) is 15.0. The van der Waals surface area contributed by atoms with Gasteiger partial charge in [0.15, 0.2) is 0 Å². The second kappa shape index (κ2) is 7.33. The molecule has 1 saturated carbocycles. The number of aliphatic hydroxyl groups is 1. The summed E-state index contributed by atoms with van der Waals surface area (Å²) in [4.78, 5) is 17.6. The van der Waals surface area contributed by atoms with Crippen LogP contribution in [0, 0.1) is 6.92 Å². The van der Waals surface area contributed by atoms with Crippen LogP contribution in [0.5, 0.6) is 5.88 Å². The Morgan fingerprint density at radius 3 is 2.55 bits per heavy atom. The Morgan fingerprint density at radius 2 is 2.00 bits per heavy atom. The standard InChI is InChI=1S/C14H20N2O4S.Li/c1-8-15-13(12(21-8)14(18)19)20-11-4-2-9(3-5-11)16-6-10(17)7-16;/h9-11,17H,2-7H2,1H3,(H,18,19);/q;+1/p-1. The summed E-state index contributed by atoms with van der Waals surface area (Å²) in [5.41, 5.74) is 0. The van der Waals surface area contributed by atoms with E-state index in [0.29, 0.717) is 11.0 Å². The van der Waals surface area contributed by atoms with Crippen molar-refractivity contribution in [1.82, 2.24) is 9.88 Å². The van der Waals surface area contributed by atoms with Crippen molar-refractivity contribution in [3.8, 4) is 5.88 Å². The predicted molar refractivity (Wildman–Crippen MR) is 75.4 cm³/mol. The van der Waals surface area contributed by atoms with Gasteiger partial charge in [-0.3, -0.25) is 4.90 Å². The Labute approximate surface area is 145 Å². The molecule has 0 bridgehead atoms. The smallest absolute Gasteiger partial charge is 0.544 e. The first-order valence-corrected chi connectivity index (χ1v) is 8.12. The quantitative estimate of drug-likeness (QED) is 0.603. The second-order valence-corrected chi connectivity index (χ2v) is 7.01. The van der Waals surface area contributed by atoms with Crippen LogP contribution >= 0.6 is 11.3 Å². The Bertz CT molecular complexity index is 525. The number of carbonyl (C=O) groups excluding carboxylic acids is 1. The zero-order valence-corrected chi connectivity index (χ0v) is 13.8. The molecule has 1 aliphatic heterocycles. The van der Waals surface area contributed by atoms with Crippen molar-refractivity contribution >= 4 is 17.3 Å². The van der Waals surface area contributed by atoms with Gasteiger partial charge >= 0.3 is 18.9 Å². The minimum Gasteiger partial charge on any atom is -0.544 e. The average molecular weight is 318 g/mol. The first kappa shape index (κ1) is 17.8. The molecule has 0 atom stereocenters. The largest absolute Gasteiger partial charge is 1.00 e. The SMILES string of the molecule is Cc1nc(OC2CCC(N3CC(O)C3)CC2)c(C(=O)[O-])s1.[Li+]. The molecule has 6 nitrogen and oxygen atoms in total. The number of β-amino-alcohol motifs (C(OH)–C–C–N with tert-alkyl or cyclic N) is 1. The Kier molecular flexibility index (Phi) is 5.92. The fourth-order valence-electron chi connectivity index (χ4n) is 3.09. The van der Waals surface area contributed by atoms with Crippen LogP contribution in [0.15, 0.2) is 0 Å². The van der Waals surface area contributed by atoms with E-state index in [0.717, 1.165) is 50.1 Å². The van der Waals surface area contributed by atoms with Crippen molar-refractivity contribution < 1.29 is 38.6 Å². The molecule has 1 N–H and O–H groups in total. The monoisotopic (exact) mass is 318 g/mol. The summed E-state index contributed by atoms with van der Waals surface area (Å²) >= 11 is 1.10. The van der Waals surface area contributed by atoms with Gasteiger partial charge in [0, 0.05) is 19.1 Å². The molecule has 2 aliphatic rings. The maximum atomic E-state index is 11.0. The van der Waals surface area contributed by atoms with Gasteiger partial charge < -0.3 is 19.7 Å². The number of carbonyl (C=O) groups is 1. The number of hydrogen-bond acceptors (Lipinski definition) is 7. The third-order valence-electron chi connectivity index (χ3n) is 4.22. The molecule has 3 rings (SSSR count). The van der Waals surface area contributed by atoms with Gasteiger partial charge in [0.1, 0.15) is 11.0 Å². The van der Waals surface area contributed by atoms with E-state index in [1.54, 1.807) is 6.92 Å². The van der Waals surface area contributed by atoms with Crippen LogP contribution in [-0.2, 0) is 0 Å². The van der Waals surface area contributed by atoms with Crippen LogP contribution in [0.4, 0.5) is 0 Å². The number of carboxylic acid groups (broad SMARTS) is 1. The summed E-state index contributed by atoms with van der Waals surface area (Å²) in [6, 6.07) is 0.519. The molecule has 1 aromatic rings. The topological polar surface area (TPSA) is 85.7 Å². The maximum Gasteiger partial charge on any atom is 1.00 e. The van der Waals surface area contributed by atoms with Crippen molar-refractivity contribution in [3.05, 3.63) is 9.88 Å². The number of carboxylic acids is 1. The normalized spacial score (nSPS) is 26.1. The number of thiazole rings is 1. The van der Waals surface area contributed by atoms with Crippen LogP contribution in [0.25, 0.3) is 0 Å². The molecular formula is C14H19LiN2O4S. The van der Waals surface area contributed by atoms with Crippen molar-refractivity contribution in [1.29, 1.82) is 0 Å². The van der Waals surface area contributed by atoms with Gasteiger partial charge in [0.05, 0.1) is 17.1 Å². The summed E-state index contributed by atoms with van der Waals surface area (Å²) in [5.74, 6) is -1.01. The zero-order valence-electron chi connectivity index (χ0n) is 12.9. The van der Waals surface area contributed by atoms with Crippen LogP contribution in [-0.4, -0.2) is 52.3 Å². The maximum absolute atomic E-state index is 11.0. The summed E-state index contributed by atoms with van der Waals surface area (Å²) in [6.07, 6.45) is 3.66. The molecule has 2 heterocycles. The van der Waals surface area contributed by atoms with Crippen molar-refractivity contribution in [2.24, 2.45) is 0 Å². The van der Waals surface area contributed by atoms with Crippen LogP contribution in [0.1, 0.15) is 40.4 Å². The van der Waals surface area contributed by atoms with Gasteiger partial charge in [0.2, 0.25) is 5.88 Å².